The first kappa shape index (κ1) is 11.2. The van der Waals surface area contributed by atoms with Gasteiger partial charge in [0.25, 0.3) is 0 Å². The van der Waals surface area contributed by atoms with Crippen molar-refractivity contribution in [1.82, 2.24) is 9.78 Å². The molecule has 80 valence electrons. The summed E-state index contributed by atoms with van der Waals surface area (Å²) in [4.78, 5) is 0. The van der Waals surface area contributed by atoms with Crippen LogP contribution in [0.5, 0.6) is 0 Å². The van der Waals surface area contributed by atoms with Gasteiger partial charge in [-0.2, -0.15) is 5.10 Å². The fourth-order valence-corrected chi connectivity index (χ4v) is 1.80. The molecule has 2 unspecified atom stereocenters. The molecule has 0 bridgehead atoms. The monoisotopic (exact) mass is 195 g/mol. The van der Waals surface area contributed by atoms with Gasteiger partial charge in [-0.3, -0.25) is 4.68 Å². The van der Waals surface area contributed by atoms with Crippen molar-refractivity contribution < 1.29 is 0 Å². The normalized spacial score (nSPS) is 15.4. The first-order chi connectivity index (χ1) is 6.63. The summed E-state index contributed by atoms with van der Waals surface area (Å²) in [6.45, 7) is 4.47. The summed E-state index contributed by atoms with van der Waals surface area (Å²) < 4.78 is 1.81. The Kier molecular flexibility index (Phi) is 4.14. The van der Waals surface area contributed by atoms with Crippen LogP contribution in [0.1, 0.15) is 44.8 Å². The van der Waals surface area contributed by atoms with E-state index in [1.807, 2.05) is 19.3 Å². The summed E-state index contributed by atoms with van der Waals surface area (Å²) in [6, 6.07) is 2.10. The Hall–Kier alpha value is -0.830. The molecule has 0 spiro atoms. The second-order valence-corrected chi connectivity index (χ2v) is 4.15. The third-order valence-electron chi connectivity index (χ3n) is 2.55. The standard InChI is InChI=1S/C11H21N3/c1-4-5-9(2)8-10(12)11-6-7-14(3)13-11/h6-7,9-10H,4-5,8,12H2,1-3H3. The van der Waals surface area contributed by atoms with E-state index in [0.29, 0.717) is 5.92 Å². The molecule has 0 saturated heterocycles. The zero-order valence-electron chi connectivity index (χ0n) is 9.40. The molecule has 2 atom stereocenters. The maximum Gasteiger partial charge on any atom is 0.0791 e. The Balaban J connectivity index is 2.45. The third-order valence-corrected chi connectivity index (χ3v) is 2.55. The van der Waals surface area contributed by atoms with Crippen molar-refractivity contribution >= 4 is 0 Å². The molecule has 0 aromatic carbocycles. The minimum absolute atomic E-state index is 0.0951. The molecule has 0 amide bonds. The molecule has 0 radical (unpaired) electrons. The molecule has 3 nitrogen and oxygen atoms in total. The van der Waals surface area contributed by atoms with Gasteiger partial charge >= 0.3 is 0 Å². The van der Waals surface area contributed by atoms with Crippen molar-refractivity contribution in [3.63, 3.8) is 0 Å². The largest absolute Gasteiger partial charge is 0.323 e. The SMILES string of the molecule is CCCC(C)CC(N)c1ccn(C)n1. The molecule has 1 aromatic heterocycles. The fraction of sp³-hybridized carbons (Fsp3) is 0.727. The maximum atomic E-state index is 6.06. The number of nitrogens with two attached hydrogens (primary N) is 1. The third kappa shape index (κ3) is 3.14. The second-order valence-electron chi connectivity index (χ2n) is 4.15. The van der Waals surface area contributed by atoms with Crippen molar-refractivity contribution in [2.75, 3.05) is 0 Å². The van der Waals surface area contributed by atoms with Crippen molar-refractivity contribution in [3.8, 4) is 0 Å². The number of nitrogens with zero attached hydrogens (tertiary/aromatic N) is 2. The fourth-order valence-electron chi connectivity index (χ4n) is 1.80. The molecular formula is C11H21N3. The number of rotatable bonds is 5. The average Bonchev–Trinajstić information content (AvgIpc) is 2.52. The van der Waals surface area contributed by atoms with Gasteiger partial charge in [0.2, 0.25) is 0 Å². The smallest absolute Gasteiger partial charge is 0.0791 e. The summed E-state index contributed by atoms with van der Waals surface area (Å²) in [5.41, 5.74) is 7.07. The van der Waals surface area contributed by atoms with Crippen LogP contribution in [0.2, 0.25) is 0 Å². The van der Waals surface area contributed by atoms with Crippen LogP contribution >= 0.6 is 0 Å². The molecule has 0 aliphatic heterocycles. The van der Waals surface area contributed by atoms with Crippen LogP contribution in [0.3, 0.4) is 0 Å². The average molecular weight is 195 g/mol. The highest BCUT2D eigenvalue weighted by Gasteiger charge is 2.12. The lowest BCUT2D eigenvalue weighted by Gasteiger charge is -2.14. The van der Waals surface area contributed by atoms with E-state index in [2.05, 4.69) is 18.9 Å². The Morgan fingerprint density at radius 3 is 2.79 bits per heavy atom. The van der Waals surface area contributed by atoms with E-state index in [1.54, 1.807) is 4.68 Å². The first-order valence-electron chi connectivity index (χ1n) is 5.38. The molecule has 0 aliphatic rings. The van der Waals surface area contributed by atoms with Crippen LogP contribution in [0.4, 0.5) is 0 Å². The summed E-state index contributed by atoms with van der Waals surface area (Å²) >= 11 is 0. The van der Waals surface area contributed by atoms with E-state index in [-0.39, 0.29) is 6.04 Å². The Bertz CT molecular complexity index is 267. The zero-order chi connectivity index (χ0) is 10.6. The maximum absolute atomic E-state index is 6.06. The van der Waals surface area contributed by atoms with Crippen LogP contribution < -0.4 is 5.73 Å². The van der Waals surface area contributed by atoms with Crippen LogP contribution in [-0.2, 0) is 7.05 Å². The number of hydrogen-bond acceptors (Lipinski definition) is 2. The van der Waals surface area contributed by atoms with Gasteiger partial charge in [0, 0.05) is 19.3 Å². The van der Waals surface area contributed by atoms with Gasteiger partial charge in [0.1, 0.15) is 0 Å². The Morgan fingerprint density at radius 2 is 2.29 bits per heavy atom. The molecule has 0 saturated carbocycles. The molecule has 0 fully saturated rings. The van der Waals surface area contributed by atoms with Crippen LogP contribution in [0, 0.1) is 5.92 Å². The Labute approximate surface area is 86.3 Å². The van der Waals surface area contributed by atoms with Gasteiger partial charge in [-0.25, -0.2) is 0 Å². The molecule has 2 N–H and O–H groups in total. The lowest BCUT2D eigenvalue weighted by atomic mass is 9.96. The minimum Gasteiger partial charge on any atom is -0.323 e. The topological polar surface area (TPSA) is 43.8 Å². The van der Waals surface area contributed by atoms with Crippen LogP contribution in [0.25, 0.3) is 0 Å². The van der Waals surface area contributed by atoms with Gasteiger partial charge < -0.3 is 5.73 Å². The Morgan fingerprint density at radius 1 is 1.57 bits per heavy atom. The number of hydrogen-bond donors (Lipinski definition) is 1. The first-order valence-corrected chi connectivity index (χ1v) is 5.38. The van der Waals surface area contributed by atoms with Gasteiger partial charge in [-0.05, 0) is 18.4 Å². The van der Waals surface area contributed by atoms with Gasteiger partial charge in [0.15, 0.2) is 0 Å². The van der Waals surface area contributed by atoms with Crippen molar-refractivity contribution in [2.45, 2.75) is 39.2 Å². The summed E-state index contributed by atoms with van der Waals surface area (Å²) in [6.07, 6.45) is 5.46. The summed E-state index contributed by atoms with van der Waals surface area (Å²) in [5.74, 6) is 0.692. The van der Waals surface area contributed by atoms with E-state index in [0.717, 1.165) is 12.1 Å². The molecule has 1 rings (SSSR count). The van der Waals surface area contributed by atoms with Crippen molar-refractivity contribution in [2.24, 2.45) is 18.7 Å². The highest BCUT2D eigenvalue weighted by atomic mass is 15.3. The summed E-state index contributed by atoms with van der Waals surface area (Å²) in [7, 11) is 1.92. The molecule has 0 aliphatic carbocycles. The van der Waals surface area contributed by atoms with Crippen molar-refractivity contribution in [3.05, 3.63) is 18.0 Å². The van der Waals surface area contributed by atoms with Gasteiger partial charge in [0.05, 0.1) is 5.69 Å². The highest BCUT2D eigenvalue weighted by molar-refractivity contribution is 5.04. The van der Waals surface area contributed by atoms with Crippen LogP contribution in [-0.4, -0.2) is 9.78 Å². The predicted molar refractivity (Wildman–Crippen MR) is 58.8 cm³/mol. The lowest BCUT2D eigenvalue weighted by Crippen LogP contribution is -2.15. The van der Waals surface area contributed by atoms with E-state index >= 15 is 0 Å². The van der Waals surface area contributed by atoms with E-state index in [4.69, 9.17) is 5.73 Å². The van der Waals surface area contributed by atoms with Gasteiger partial charge in [-0.15, -0.1) is 0 Å². The van der Waals surface area contributed by atoms with E-state index in [9.17, 15) is 0 Å². The molecule has 1 aromatic rings. The van der Waals surface area contributed by atoms with Crippen LogP contribution in [0.15, 0.2) is 12.3 Å². The summed E-state index contributed by atoms with van der Waals surface area (Å²) in [5, 5.41) is 4.32. The zero-order valence-corrected chi connectivity index (χ0v) is 9.40. The lowest BCUT2D eigenvalue weighted by molar-refractivity contribution is 0.434. The molecule has 3 heteroatoms. The minimum atomic E-state index is 0.0951. The van der Waals surface area contributed by atoms with Gasteiger partial charge in [-0.1, -0.05) is 26.7 Å². The molecule has 14 heavy (non-hydrogen) atoms. The predicted octanol–water partition coefficient (Wildman–Crippen LogP) is 2.25. The second kappa shape index (κ2) is 5.15. The molecule has 1 heterocycles. The van der Waals surface area contributed by atoms with Crippen molar-refractivity contribution in [1.29, 1.82) is 0 Å². The molecular weight excluding hydrogens is 174 g/mol. The van der Waals surface area contributed by atoms with E-state index in [1.165, 1.54) is 12.8 Å². The van der Waals surface area contributed by atoms with E-state index < -0.39 is 0 Å². The number of aryl methyl sites for hydroxylation is 1. The quantitative estimate of drug-likeness (QED) is 0.783. The number of aromatic nitrogens is 2. The highest BCUT2D eigenvalue weighted by Crippen LogP contribution is 2.20.